The molecule has 6 heteroatoms. The van der Waals surface area contributed by atoms with Crippen LogP contribution in [0.3, 0.4) is 0 Å². The molecule has 132 valence electrons. The maximum atomic E-state index is 12.8. The predicted molar refractivity (Wildman–Crippen MR) is 90.8 cm³/mol. The third kappa shape index (κ3) is 2.73. The van der Waals surface area contributed by atoms with Gasteiger partial charge < -0.3 is 14.6 Å². The summed E-state index contributed by atoms with van der Waals surface area (Å²) >= 11 is 0. The number of hydrogen-bond acceptors (Lipinski definition) is 4. The zero-order valence-electron chi connectivity index (χ0n) is 15.1. The van der Waals surface area contributed by atoms with Crippen LogP contribution in [-0.4, -0.2) is 59.9 Å². The molecule has 1 aromatic rings. The molecule has 3 rings (SSSR count). The van der Waals surface area contributed by atoms with Gasteiger partial charge in [-0.05, 0) is 46.1 Å². The summed E-state index contributed by atoms with van der Waals surface area (Å²) in [6.45, 7) is 9.32. The minimum Gasteiger partial charge on any atom is -0.466 e. The van der Waals surface area contributed by atoms with Crippen LogP contribution < -0.4 is 5.32 Å². The summed E-state index contributed by atoms with van der Waals surface area (Å²) in [4.78, 5) is 29.2. The molecule has 0 unspecified atom stereocenters. The summed E-state index contributed by atoms with van der Waals surface area (Å²) in [5.41, 5.74) is 0.659. The zero-order valence-corrected chi connectivity index (χ0v) is 15.1. The molecule has 24 heavy (non-hydrogen) atoms. The molecule has 3 atom stereocenters. The molecule has 1 N–H and O–H groups in total. The van der Waals surface area contributed by atoms with Gasteiger partial charge in [0.05, 0.1) is 11.6 Å². The van der Waals surface area contributed by atoms with Crippen molar-refractivity contribution in [2.45, 2.75) is 52.2 Å². The fourth-order valence-corrected chi connectivity index (χ4v) is 4.39. The Morgan fingerprint density at radius 2 is 2.00 bits per heavy atom. The first-order valence-electron chi connectivity index (χ1n) is 8.68. The molecule has 0 aliphatic carbocycles. The third-order valence-electron chi connectivity index (χ3n) is 5.38. The van der Waals surface area contributed by atoms with Crippen molar-refractivity contribution < 1.29 is 14.0 Å². The maximum Gasteiger partial charge on any atom is 0.257 e. The highest BCUT2D eigenvalue weighted by Crippen LogP contribution is 2.38. The van der Waals surface area contributed by atoms with Gasteiger partial charge in [-0.2, -0.15) is 0 Å². The van der Waals surface area contributed by atoms with Gasteiger partial charge in [0.25, 0.3) is 5.91 Å². The predicted octanol–water partition coefficient (Wildman–Crippen LogP) is 1.57. The molecular weight excluding hydrogens is 306 g/mol. The molecule has 2 amide bonds. The van der Waals surface area contributed by atoms with E-state index in [4.69, 9.17) is 4.42 Å². The smallest absolute Gasteiger partial charge is 0.257 e. The van der Waals surface area contributed by atoms with Crippen molar-refractivity contribution in [2.24, 2.45) is 5.92 Å². The summed E-state index contributed by atoms with van der Waals surface area (Å²) in [5.74, 6) is 1.92. The summed E-state index contributed by atoms with van der Waals surface area (Å²) in [7, 11) is 1.69. The van der Waals surface area contributed by atoms with E-state index in [-0.39, 0.29) is 29.9 Å². The number of amides is 2. The van der Waals surface area contributed by atoms with Gasteiger partial charge in [-0.1, -0.05) is 0 Å². The number of likely N-dealkylation sites (tertiary alicyclic amines) is 2. The Morgan fingerprint density at radius 3 is 2.54 bits per heavy atom. The van der Waals surface area contributed by atoms with Crippen LogP contribution in [0, 0.1) is 19.8 Å². The van der Waals surface area contributed by atoms with Gasteiger partial charge in [-0.3, -0.25) is 14.5 Å². The highest BCUT2D eigenvalue weighted by molar-refractivity contribution is 5.95. The number of fused-ring (bicyclic) bond motifs is 1. The minimum atomic E-state index is -0.0832. The lowest BCUT2D eigenvalue weighted by Gasteiger charge is -2.33. The molecule has 0 bridgehead atoms. The van der Waals surface area contributed by atoms with Crippen molar-refractivity contribution >= 4 is 11.8 Å². The maximum absolute atomic E-state index is 12.8. The van der Waals surface area contributed by atoms with Crippen LogP contribution in [0.1, 0.15) is 42.1 Å². The number of hydrogen-bond donors (Lipinski definition) is 1. The molecule has 0 aromatic carbocycles. The average Bonchev–Trinajstić information content (AvgIpc) is 3.16. The molecular formula is C18H27N3O3. The van der Waals surface area contributed by atoms with Crippen molar-refractivity contribution in [3.63, 3.8) is 0 Å². The number of aryl methyl sites for hydroxylation is 2. The number of furan rings is 1. The first kappa shape index (κ1) is 17.0. The van der Waals surface area contributed by atoms with E-state index in [1.807, 2.05) is 24.8 Å². The standard InChI is InChI=1S/C18H27N3O3/c1-10(2)21-15(17(22)19-5)7-13-8-20(9-16(13)21)18(23)14-6-11(3)24-12(14)4/h6,10,13,15-16H,7-9H2,1-5H3,(H,19,22)/t13-,15-,16+/m0/s1. The highest BCUT2D eigenvalue weighted by Gasteiger charge is 2.50. The zero-order chi connectivity index (χ0) is 17.6. The Bertz CT molecular complexity index is 652. The van der Waals surface area contributed by atoms with E-state index in [2.05, 4.69) is 24.1 Å². The minimum absolute atomic E-state index is 0.0407. The molecule has 2 aliphatic rings. The van der Waals surface area contributed by atoms with Crippen LogP contribution in [0.25, 0.3) is 0 Å². The van der Waals surface area contributed by atoms with E-state index in [9.17, 15) is 9.59 Å². The first-order valence-corrected chi connectivity index (χ1v) is 8.68. The molecule has 2 fully saturated rings. The van der Waals surface area contributed by atoms with E-state index in [1.165, 1.54) is 0 Å². The number of nitrogens with one attached hydrogen (secondary N) is 1. The molecule has 0 radical (unpaired) electrons. The first-order chi connectivity index (χ1) is 11.3. The van der Waals surface area contributed by atoms with Crippen molar-refractivity contribution in [1.29, 1.82) is 0 Å². The summed E-state index contributed by atoms with van der Waals surface area (Å²) in [5, 5.41) is 2.78. The van der Waals surface area contributed by atoms with Gasteiger partial charge in [0.15, 0.2) is 0 Å². The van der Waals surface area contributed by atoms with Crippen LogP contribution in [0.2, 0.25) is 0 Å². The van der Waals surface area contributed by atoms with E-state index < -0.39 is 0 Å². The fourth-order valence-electron chi connectivity index (χ4n) is 4.39. The van der Waals surface area contributed by atoms with Gasteiger partial charge >= 0.3 is 0 Å². The molecule has 3 heterocycles. The van der Waals surface area contributed by atoms with Crippen LogP contribution in [0.15, 0.2) is 10.5 Å². The van der Waals surface area contributed by atoms with E-state index in [0.717, 1.165) is 12.2 Å². The third-order valence-corrected chi connectivity index (χ3v) is 5.38. The lowest BCUT2D eigenvalue weighted by molar-refractivity contribution is -0.126. The van der Waals surface area contributed by atoms with Gasteiger partial charge in [0.2, 0.25) is 5.91 Å². The quantitative estimate of drug-likeness (QED) is 0.912. The molecule has 0 saturated carbocycles. The van der Waals surface area contributed by atoms with E-state index in [0.29, 0.717) is 30.3 Å². The highest BCUT2D eigenvalue weighted by atomic mass is 16.3. The van der Waals surface area contributed by atoms with Crippen molar-refractivity contribution in [3.05, 3.63) is 23.2 Å². The van der Waals surface area contributed by atoms with Crippen LogP contribution in [0.5, 0.6) is 0 Å². The fraction of sp³-hybridized carbons (Fsp3) is 0.667. The normalized spacial score (nSPS) is 26.9. The van der Waals surface area contributed by atoms with Crippen molar-refractivity contribution in [2.75, 3.05) is 20.1 Å². The second-order valence-electron chi connectivity index (χ2n) is 7.27. The van der Waals surface area contributed by atoms with Gasteiger partial charge in [-0.25, -0.2) is 0 Å². The van der Waals surface area contributed by atoms with Gasteiger partial charge in [-0.15, -0.1) is 0 Å². The topological polar surface area (TPSA) is 65.8 Å². The largest absolute Gasteiger partial charge is 0.466 e. The lowest BCUT2D eigenvalue weighted by atomic mass is 10.0. The Kier molecular flexibility index (Phi) is 4.42. The van der Waals surface area contributed by atoms with E-state index in [1.54, 1.807) is 7.05 Å². The SMILES string of the molecule is CNC(=O)[C@@H]1C[C@H]2CN(C(=O)c3cc(C)oc3C)C[C@H]2N1C(C)C. The molecule has 2 saturated heterocycles. The molecule has 6 nitrogen and oxygen atoms in total. The van der Waals surface area contributed by atoms with E-state index >= 15 is 0 Å². The van der Waals surface area contributed by atoms with Crippen LogP contribution in [0.4, 0.5) is 0 Å². The van der Waals surface area contributed by atoms with Gasteiger partial charge in [0, 0.05) is 32.2 Å². The summed E-state index contributed by atoms with van der Waals surface area (Å²) < 4.78 is 5.50. The molecule has 0 spiro atoms. The molecule has 2 aliphatic heterocycles. The Labute approximate surface area is 143 Å². The number of carbonyl (C=O) groups excluding carboxylic acids is 2. The van der Waals surface area contributed by atoms with Crippen LogP contribution >= 0.6 is 0 Å². The average molecular weight is 333 g/mol. The monoisotopic (exact) mass is 333 g/mol. The van der Waals surface area contributed by atoms with Crippen molar-refractivity contribution in [3.8, 4) is 0 Å². The Balaban J connectivity index is 1.77. The Hall–Kier alpha value is -1.82. The van der Waals surface area contributed by atoms with Gasteiger partial charge in [0.1, 0.15) is 11.5 Å². The summed E-state index contributed by atoms with van der Waals surface area (Å²) in [6, 6.07) is 2.26. The Morgan fingerprint density at radius 1 is 1.29 bits per heavy atom. The second-order valence-corrected chi connectivity index (χ2v) is 7.27. The lowest BCUT2D eigenvalue weighted by Crippen LogP contribution is -2.50. The van der Waals surface area contributed by atoms with Crippen LogP contribution in [-0.2, 0) is 4.79 Å². The number of carbonyl (C=O) groups is 2. The van der Waals surface area contributed by atoms with Crippen molar-refractivity contribution in [1.82, 2.24) is 15.1 Å². The second kappa shape index (κ2) is 6.24. The number of nitrogens with zero attached hydrogens (tertiary/aromatic N) is 2. The number of likely N-dealkylation sites (N-methyl/N-ethyl adjacent to an activating group) is 1. The summed E-state index contributed by atoms with van der Waals surface area (Å²) in [6.07, 6.45) is 0.815. The molecule has 1 aromatic heterocycles. The number of rotatable bonds is 3.